The summed E-state index contributed by atoms with van der Waals surface area (Å²) in [7, 11) is 0. The predicted octanol–water partition coefficient (Wildman–Crippen LogP) is 4.57. The lowest BCUT2D eigenvalue weighted by Gasteiger charge is -2.17. The highest BCUT2D eigenvalue weighted by Gasteiger charge is 2.31. The fourth-order valence-corrected chi connectivity index (χ4v) is 3.19. The Hall–Kier alpha value is -1.95. The van der Waals surface area contributed by atoms with E-state index in [1.54, 1.807) is 47.4 Å². The van der Waals surface area contributed by atoms with Crippen molar-refractivity contribution in [3.05, 3.63) is 57.5 Å². The SMILES string of the molecule is O=C(Nc1ccc(Cl)cc1Cl)N[C@H]1CC(=O)N(c2ccc(Cl)cc2)C1. The zero-order valence-electron chi connectivity index (χ0n) is 12.9. The molecule has 130 valence electrons. The van der Waals surface area contributed by atoms with Crippen molar-refractivity contribution in [2.24, 2.45) is 0 Å². The normalized spacial score (nSPS) is 16.8. The van der Waals surface area contributed by atoms with E-state index in [1.807, 2.05) is 0 Å². The van der Waals surface area contributed by atoms with Gasteiger partial charge in [0.25, 0.3) is 0 Å². The first-order chi connectivity index (χ1) is 11.9. The summed E-state index contributed by atoms with van der Waals surface area (Å²) in [4.78, 5) is 25.9. The maximum absolute atomic E-state index is 12.2. The number of amides is 3. The van der Waals surface area contributed by atoms with Crippen LogP contribution in [0.15, 0.2) is 42.5 Å². The lowest BCUT2D eigenvalue weighted by Crippen LogP contribution is -2.39. The first kappa shape index (κ1) is 17.9. The van der Waals surface area contributed by atoms with Crippen molar-refractivity contribution in [1.29, 1.82) is 0 Å². The van der Waals surface area contributed by atoms with Crippen LogP contribution in [0.25, 0.3) is 0 Å². The largest absolute Gasteiger partial charge is 0.333 e. The molecular weight excluding hydrogens is 385 g/mol. The molecule has 0 radical (unpaired) electrons. The molecule has 1 heterocycles. The third kappa shape index (κ3) is 4.37. The molecule has 1 saturated heterocycles. The molecule has 0 bridgehead atoms. The highest BCUT2D eigenvalue weighted by atomic mass is 35.5. The zero-order chi connectivity index (χ0) is 18.0. The number of benzene rings is 2. The molecule has 1 aliphatic rings. The topological polar surface area (TPSA) is 61.4 Å². The highest BCUT2D eigenvalue weighted by molar-refractivity contribution is 6.36. The molecule has 5 nitrogen and oxygen atoms in total. The van der Waals surface area contributed by atoms with Crippen molar-refractivity contribution >= 4 is 58.1 Å². The van der Waals surface area contributed by atoms with Crippen molar-refractivity contribution in [3.63, 3.8) is 0 Å². The molecule has 3 rings (SSSR count). The molecule has 0 aliphatic carbocycles. The van der Waals surface area contributed by atoms with Crippen LogP contribution in [0, 0.1) is 0 Å². The summed E-state index contributed by atoms with van der Waals surface area (Å²) in [5.74, 6) is -0.0582. The van der Waals surface area contributed by atoms with E-state index in [2.05, 4.69) is 10.6 Å². The van der Waals surface area contributed by atoms with Crippen LogP contribution in [-0.2, 0) is 4.79 Å². The average molecular weight is 399 g/mol. The number of nitrogens with one attached hydrogen (secondary N) is 2. The maximum atomic E-state index is 12.2. The third-order valence-electron chi connectivity index (χ3n) is 3.78. The number of anilines is 2. The van der Waals surface area contributed by atoms with E-state index in [4.69, 9.17) is 34.8 Å². The number of carbonyl (C=O) groups is 2. The molecule has 0 unspecified atom stereocenters. The van der Waals surface area contributed by atoms with Crippen molar-refractivity contribution in [3.8, 4) is 0 Å². The Morgan fingerprint density at radius 2 is 1.72 bits per heavy atom. The van der Waals surface area contributed by atoms with Crippen molar-refractivity contribution < 1.29 is 9.59 Å². The minimum absolute atomic E-state index is 0.0582. The third-order valence-corrected chi connectivity index (χ3v) is 4.58. The van der Waals surface area contributed by atoms with Crippen LogP contribution in [-0.4, -0.2) is 24.5 Å². The molecule has 1 atom stereocenters. The van der Waals surface area contributed by atoms with Gasteiger partial charge in [-0.25, -0.2) is 4.79 Å². The molecule has 2 N–H and O–H groups in total. The van der Waals surface area contributed by atoms with Gasteiger partial charge < -0.3 is 15.5 Å². The summed E-state index contributed by atoms with van der Waals surface area (Å²) in [5, 5.41) is 6.86. The molecule has 0 saturated carbocycles. The van der Waals surface area contributed by atoms with Gasteiger partial charge in [0.15, 0.2) is 0 Å². The minimum atomic E-state index is -0.431. The second-order valence-electron chi connectivity index (χ2n) is 5.60. The van der Waals surface area contributed by atoms with Crippen LogP contribution in [0.1, 0.15) is 6.42 Å². The lowest BCUT2D eigenvalue weighted by molar-refractivity contribution is -0.117. The lowest BCUT2D eigenvalue weighted by atomic mass is 10.2. The van der Waals surface area contributed by atoms with Gasteiger partial charge in [-0.05, 0) is 42.5 Å². The summed E-state index contributed by atoms with van der Waals surface area (Å²) in [5.41, 5.74) is 1.20. The van der Waals surface area contributed by atoms with E-state index >= 15 is 0 Å². The summed E-state index contributed by atoms with van der Waals surface area (Å²) in [6, 6.07) is 11.1. The van der Waals surface area contributed by atoms with Crippen LogP contribution in [0.3, 0.4) is 0 Å². The molecule has 0 spiro atoms. The van der Waals surface area contributed by atoms with Crippen LogP contribution < -0.4 is 15.5 Å². The minimum Gasteiger partial charge on any atom is -0.333 e. The van der Waals surface area contributed by atoms with E-state index < -0.39 is 6.03 Å². The summed E-state index contributed by atoms with van der Waals surface area (Å²) in [6.45, 7) is 0.391. The van der Waals surface area contributed by atoms with Gasteiger partial charge in [-0.2, -0.15) is 0 Å². The van der Waals surface area contributed by atoms with Crippen LogP contribution in [0.2, 0.25) is 15.1 Å². The zero-order valence-corrected chi connectivity index (χ0v) is 15.2. The van der Waals surface area contributed by atoms with Gasteiger partial charge in [0, 0.05) is 28.7 Å². The van der Waals surface area contributed by atoms with Crippen LogP contribution >= 0.6 is 34.8 Å². The highest BCUT2D eigenvalue weighted by Crippen LogP contribution is 2.26. The average Bonchev–Trinajstić information content (AvgIpc) is 2.91. The van der Waals surface area contributed by atoms with E-state index in [1.165, 1.54) is 0 Å². The quantitative estimate of drug-likeness (QED) is 0.795. The predicted molar refractivity (Wildman–Crippen MR) is 101 cm³/mol. The van der Waals surface area contributed by atoms with Gasteiger partial charge >= 0.3 is 6.03 Å². The van der Waals surface area contributed by atoms with Crippen molar-refractivity contribution in [1.82, 2.24) is 5.32 Å². The molecule has 1 aliphatic heterocycles. The Bertz CT molecular complexity index is 811. The van der Waals surface area contributed by atoms with Crippen LogP contribution in [0.4, 0.5) is 16.2 Å². The number of hydrogen-bond donors (Lipinski definition) is 2. The van der Waals surface area contributed by atoms with Gasteiger partial charge in [-0.3, -0.25) is 4.79 Å². The fraction of sp³-hybridized carbons (Fsp3) is 0.176. The molecule has 1 fully saturated rings. The number of rotatable bonds is 3. The molecule has 0 aromatic heterocycles. The summed E-state index contributed by atoms with van der Waals surface area (Å²) in [6.07, 6.45) is 0.227. The Morgan fingerprint density at radius 3 is 2.40 bits per heavy atom. The second-order valence-corrected chi connectivity index (χ2v) is 6.88. The number of urea groups is 1. The fourth-order valence-electron chi connectivity index (χ4n) is 2.61. The number of carbonyl (C=O) groups excluding carboxylic acids is 2. The smallest absolute Gasteiger partial charge is 0.319 e. The Balaban J connectivity index is 1.61. The van der Waals surface area contributed by atoms with E-state index in [0.29, 0.717) is 27.3 Å². The first-order valence-corrected chi connectivity index (χ1v) is 8.64. The molecule has 25 heavy (non-hydrogen) atoms. The maximum Gasteiger partial charge on any atom is 0.319 e. The van der Waals surface area contributed by atoms with E-state index in [9.17, 15) is 9.59 Å². The first-order valence-electron chi connectivity index (χ1n) is 7.51. The Labute approximate surface area is 159 Å². The standard InChI is InChI=1S/C17H14Cl3N3O2/c18-10-1-4-13(5-2-10)23-9-12(8-16(23)24)21-17(25)22-15-6-3-11(19)7-14(15)20/h1-7,12H,8-9H2,(H2,21,22,25)/t12-/m0/s1. The number of hydrogen-bond acceptors (Lipinski definition) is 2. The molecule has 8 heteroatoms. The second kappa shape index (κ2) is 7.52. The van der Waals surface area contributed by atoms with Gasteiger partial charge in [-0.15, -0.1) is 0 Å². The van der Waals surface area contributed by atoms with E-state index in [-0.39, 0.29) is 18.4 Å². The molecule has 2 aromatic rings. The van der Waals surface area contributed by atoms with Gasteiger partial charge in [0.1, 0.15) is 0 Å². The molecule has 3 amide bonds. The Kier molecular flexibility index (Phi) is 5.37. The molecular formula is C17H14Cl3N3O2. The van der Waals surface area contributed by atoms with Crippen LogP contribution in [0.5, 0.6) is 0 Å². The number of nitrogens with zero attached hydrogens (tertiary/aromatic N) is 1. The van der Waals surface area contributed by atoms with Gasteiger partial charge in [-0.1, -0.05) is 34.8 Å². The Morgan fingerprint density at radius 1 is 1.04 bits per heavy atom. The monoisotopic (exact) mass is 397 g/mol. The van der Waals surface area contributed by atoms with Gasteiger partial charge in [0.05, 0.1) is 16.8 Å². The number of halogens is 3. The van der Waals surface area contributed by atoms with Gasteiger partial charge in [0.2, 0.25) is 5.91 Å². The van der Waals surface area contributed by atoms with E-state index in [0.717, 1.165) is 5.69 Å². The summed E-state index contributed by atoms with van der Waals surface area (Å²) >= 11 is 17.7. The molecule has 2 aromatic carbocycles. The van der Waals surface area contributed by atoms with Crippen molar-refractivity contribution in [2.75, 3.05) is 16.8 Å². The van der Waals surface area contributed by atoms with Crippen molar-refractivity contribution in [2.45, 2.75) is 12.5 Å². The summed E-state index contributed by atoms with van der Waals surface area (Å²) < 4.78 is 0.